The van der Waals surface area contributed by atoms with Crippen molar-refractivity contribution in [2.45, 2.75) is 75.7 Å². The van der Waals surface area contributed by atoms with Gasteiger partial charge in [0.25, 0.3) is 0 Å². The predicted octanol–water partition coefficient (Wildman–Crippen LogP) is 4.13. The maximum absolute atomic E-state index is 15.0. The van der Waals surface area contributed by atoms with Gasteiger partial charge in [-0.05, 0) is 66.0 Å². The molecule has 0 bridgehead atoms. The highest BCUT2D eigenvalue weighted by molar-refractivity contribution is 6.31. The number of rotatable bonds is 5. The number of carbonyl (C=O) groups excluding carboxylic acids is 2. The number of hydrogen-bond acceptors (Lipinski definition) is 5. The fourth-order valence-corrected chi connectivity index (χ4v) is 7.11. The van der Waals surface area contributed by atoms with Crippen LogP contribution in [0.5, 0.6) is 0 Å². The molecule has 2 aromatic rings. The van der Waals surface area contributed by atoms with Crippen LogP contribution in [0.15, 0.2) is 36.4 Å². The smallest absolute Gasteiger partial charge is 0.237 e. The monoisotopic (exact) mass is 577 g/mol. The highest BCUT2D eigenvalue weighted by Crippen LogP contribution is 2.57. The lowest BCUT2D eigenvalue weighted by Crippen LogP contribution is -2.49. The summed E-state index contributed by atoms with van der Waals surface area (Å²) in [5, 5.41) is 29.6. The number of nitrogens with one attached hydrogen (secondary N) is 3. The summed E-state index contributed by atoms with van der Waals surface area (Å²) in [6.45, 7) is 6.43. The molecule has 1 saturated carbocycles. The Bertz CT molecular complexity index is 1290. The Balaban J connectivity index is 1.62. The number of carbonyl (C=O) groups is 2. The highest BCUT2D eigenvalue weighted by atomic mass is 35.5. The molecule has 2 unspecified atom stereocenters. The Morgan fingerprint density at radius 3 is 2.49 bits per heavy atom. The van der Waals surface area contributed by atoms with E-state index in [0.717, 1.165) is 0 Å². The summed E-state index contributed by atoms with van der Waals surface area (Å²) in [6, 6.07) is 8.45. The summed E-state index contributed by atoms with van der Waals surface area (Å²) >= 11 is 12.5. The van der Waals surface area contributed by atoms with E-state index in [9.17, 15) is 24.2 Å². The average Bonchev–Trinajstić information content (AvgIpc) is 3.44. The zero-order valence-corrected chi connectivity index (χ0v) is 23.6. The zero-order chi connectivity index (χ0) is 28.3. The standard InChI is InChI=1S/C29H34Cl2FN3O4/c1-28(2,3)12-23-29(17-10-19(32)18(31)11-20(17)34-27(29)39)24(15-5-4-6-16(30)9-15)25(35-23)26(38)33-13-14-7-21(36)22(37)8-14/h4-6,9-11,14,21-25,35-37H,7-8,12-13H2,1-3H3,(H,33,38)(H,34,39)/t14?,21?,22?,23-,24+,25-,29+/m1/s1. The number of aliphatic hydroxyl groups is 2. The first-order chi connectivity index (χ1) is 18.3. The lowest BCUT2D eigenvalue weighted by atomic mass is 9.62. The molecule has 6 atom stereocenters. The largest absolute Gasteiger partial charge is 0.390 e. The number of halogens is 3. The van der Waals surface area contributed by atoms with Crippen LogP contribution in [-0.4, -0.2) is 52.9 Å². The Morgan fingerprint density at radius 2 is 1.85 bits per heavy atom. The van der Waals surface area contributed by atoms with Crippen molar-refractivity contribution in [3.63, 3.8) is 0 Å². The van der Waals surface area contributed by atoms with Gasteiger partial charge in [0.1, 0.15) is 11.2 Å². The van der Waals surface area contributed by atoms with Gasteiger partial charge in [0.15, 0.2) is 0 Å². The van der Waals surface area contributed by atoms with Gasteiger partial charge in [0, 0.05) is 29.2 Å². The van der Waals surface area contributed by atoms with E-state index in [0.29, 0.717) is 41.1 Å². The van der Waals surface area contributed by atoms with Crippen LogP contribution in [0.2, 0.25) is 10.0 Å². The molecule has 2 heterocycles. The maximum Gasteiger partial charge on any atom is 0.237 e. The number of hydrogen-bond donors (Lipinski definition) is 5. The molecule has 5 N–H and O–H groups in total. The molecule has 1 saturated heterocycles. The molecular formula is C29H34Cl2FN3O4. The van der Waals surface area contributed by atoms with Gasteiger partial charge < -0.3 is 26.2 Å². The molecule has 0 aromatic heterocycles. The molecule has 210 valence electrons. The maximum atomic E-state index is 15.0. The van der Waals surface area contributed by atoms with Crippen molar-refractivity contribution in [2.75, 3.05) is 11.9 Å². The van der Waals surface area contributed by atoms with Gasteiger partial charge >= 0.3 is 0 Å². The molecule has 5 rings (SSSR count). The second kappa shape index (κ2) is 10.3. The predicted molar refractivity (Wildman–Crippen MR) is 148 cm³/mol. The summed E-state index contributed by atoms with van der Waals surface area (Å²) in [4.78, 5) is 28.0. The lowest BCUT2D eigenvalue weighted by molar-refractivity contribution is -0.124. The first-order valence-electron chi connectivity index (χ1n) is 13.3. The Morgan fingerprint density at radius 1 is 1.15 bits per heavy atom. The summed E-state index contributed by atoms with van der Waals surface area (Å²) in [6.07, 6.45) is -0.314. The van der Waals surface area contributed by atoms with Crippen molar-refractivity contribution in [1.82, 2.24) is 10.6 Å². The van der Waals surface area contributed by atoms with E-state index in [4.69, 9.17) is 23.2 Å². The minimum atomic E-state index is -1.32. The molecule has 39 heavy (non-hydrogen) atoms. The normalized spacial score (nSPS) is 31.9. The number of amides is 2. The number of benzene rings is 2. The molecule has 3 aliphatic rings. The van der Waals surface area contributed by atoms with Crippen LogP contribution in [-0.2, 0) is 15.0 Å². The van der Waals surface area contributed by atoms with Crippen molar-refractivity contribution in [3.8, 4) is 0 Å². The molecule has 2 fully saturated rings. The van der Waals surface area contributed by atoms with Crippen molar-refractivity contribution >= 4 is 40.7 Å². The SMILES string of the molecule is CC(C)(C)C[C@H]1N[C@@H](C(=O)NCC2CC(O)C(O)C2)[C@H](c2cccc(Cl)c2)[C@@]12C(=O)Nc1cc(Cl)c(F)cc12. The van der Waals surface area contributed by atoms with Crippen LogP contribution in [0.25, 0.3) is 0 Å². The van der Waals surface area contributed by atoms with E-state index in [-0.39, 0.29) is 34.7 Å². The minimum absolute atomic E-state index is 0.0731. The minimum Gasteiger partial charge on any atom is -0.390 e. The fraction of sp³-hybridized carbons (Fsp3) is 0.517. The number of anilines is 1. The van der Waals surface area contributed by atoms with Crippen molar-refractivity contribution in [3.05, 3.63) is 63.4 Å². The molecule has 2 amide bonds. The molecular weight excluding hydrogens is 544 g/mol. The van der Waals surface area contributed by atoms with E-state index in [1.807, 2.05) is 6.07 Å². The highest BCUT2D eigenvalue weighted by Gasteiger charge is 2.66. The second-order valence-corrected chi connectivity index (χ2v) is 13.2. The van der Waals surface area contributed by atoms with Crippen LogP contribution in [0.1, 0.15) is 57.1 Å². The van der Waals surface area contributed by atoms with Crippen molar-refractivity contribution in [2.24, 2.45) is 11.3 Å². The average molecular weight is 579 g/mol. The van der Waals surface area contributed by atoms with Crippen LogP contribution in [0.4, 0.5) is 10.1 Å². The van der Waals surface area contributed by atoms with Gasteiger partial charge in [-0.15, -0.1) is 0 Å². The Kier molecular flexibility index (Phi) is 7.48. The third kappa shape index (κ3) is 5.06. The molecule has 2 aliphatic heterocycles. The van der Waals surface area contributed by atoms with E-state index in [2.05, 4.69) is 36.7 Å². The number of fused-ring (bicyclic) bond motifs is 2. The van der Waals surface area contributed by atoms with Crippen LogP contribution in [0, 0.1) is 17.2 Å². The Hall–Kier alpha value is -2.23. The van der Waals surface area contributed by atoms with Crippen molar-refractivity contribution in [1.29, 1.82) is 0 Å². The zero-order valence-electron chi connectivity index (χ0n) is 22.1. The fourth-order valence-electron chi connectivity index (χ4n) is 6.75. The van der Waals surface area contributed by atoms with Gasteiger partial charge in [-0.3, -0.25) is 9.59 Å². The summed E-state index contributed by atoms with van der Waals surface area (Å²) in [7, 11) is 0. The lowest BCUT2D eigenvalue weighted by Gasteiger charge is -2.37. The molecule has 1 spiro atoms. The summed E-state index contributed by atoms with van der Waals surface area (Å²) < 4.78 is 15.0. The number of aliphatic hydroxyl groups excluding tert-OH is 2. The van der Waals surface area contributed by atoms with E-state index in [1.165, 1.54) is 12.1 Å². The first-order valence-corrected chi connectivity index (χ1v) is 14.0. The van der Waals surface area contributed by atoms with Gasteiger partial charge in [0.05, 0.1) is 23.3 Å². The van der Waals surface area contributed by atoms with Crippen LogP contribution >= 0.6 is 23.2 Å². The topological polar surface area (TPSA) is 111 Å². The van der Waals surface area contributed by atoms with Crippen molar-refractivity contribution < 1.29 is 24.2 Å². The quantitative estimate of drug-likeness (QED) is 0.367. The molecule has 2 aromatic carbocycles. The summed E-state index contributed by atoms with van der Waals surface area (Å²) in [5.74, 6) is -2.08. The van der Waals surface area contributed by atoms with Crippen LogP contribution < -0.4 is 16.0 Å². The molecule has 7 nitrogen and oxygen atoms in total. The Labute approximate surface area is 237 Å². The molecule has 0 radical (unpaired) electrons. The van der Waals surface area contributed by atoms with E-state index < -0.39 is 41.4 Å². The van der Waals surface area contributed by atoms with Gasteiger partial charge in [-0.1, -0.05) is 56.1 Å². The van der Waals surface area contributed by atoms with Crippen LogP contribution in [0.3, 0.4) is 0 Å². The van der Waals surface area contributed by atoms with E-state index >= 15 is 0 Å². The third-order valence-electron chi connectivity index (χ3n) is 8.35. The van der Waals surface area contributed by atoms with Gasteiger partial charge in [-0.2, -0.15) is 0 Å². The van der Waals surface area contributed by atoms with Gasteiger partial charge in [-0.25, -0.2) is 4.39 Å². The van der Waals surface area contributed by atoms with Gasteiger partial charge in [0.2, 0.25) is 11.8 Å². The molecule has 1 aliphatic carbocycles. The summed E-state index contributed by atoms with van der Waals surface area (Å²) in [5.41, 5.74) is 0.00343. The molecule has 10 heteroatoms. The first kappa shape index (κ1) is 28.3. The third-order valence-corrected chi connectivity index (χ3v) is 8.87. The second-order valence-electron chi connectivity index (χ2n) is 12.3. The van der Waals surface area contributed by atoms with E-state index in [1.54, 1.807) is 18.2 Å².